The molecule has 0 amide bonds. The minimum Gasteiger partial charge on any atom is -0.353 e. The molecule has 0 unspecified atom stereocenters. The second-order valence-electron chi connectivity index (χ2n) is 7.71. The van der Waals surface area contributed by atoms with Crippen molar-refractivity contribution in [2.45, 2.75) is 10.8 Å². The van der Waals surface area contributed by atoms with Crippen LogP contribution in [-0.4, -0.2) is 74.9 Å². The zero-order chi connectivity index (χ0) is 21.9. The fourth-order valence-electron chi connectivity index (χ4n) is 3.86. The van der Waals surface area contributed by atoms with Crippen molar-refractivity contribution in [1.29, 1.82) is 0 Å². The minimum atomic E-state index is -0.780. The van der Waals surface area contributed by atoms with Crippen molar-refractivity contribution in [3.63, 3.8) is 0 Å². The summed E-state index contributed by atoms with van der Waals surface area (Å²) in [6.07, 6.45) is 1.54. The van der Waals surface area contributed by atoms with Crippen LogP contribution in [0.25, 0.3) is 11.0 Å². The Morgan fingerprint density at radius 1 is 1.03 bits per heavy atom. The number of anilines is 2. The Morgan fingerprint density at radius 2 is 1.84 bits per heavy atom. The molecule has 0 radical (unpaired) electrons. The van der Waals surface area contributed by atoms with Gasteiger partial charge >= 0.3 is 0 Å². The number of thioether (sulfide) groups is 1. The first-order valence-corrected chi connectivity index (χ1v) is 13.1. The van der Waals surface area contributed by atoms with Gasteiger partial charge in [0.05, 0.1) is 0 Å². The third-order valence-corrected chi connectivity index (χ3v) is 7.89. The van der Waals surface area contributed by atoms with Gasteiger partial charge in [0.25, 0.3) is 0 Å². The van der Waals surface area contributed by atoms with Gasteiger partial charge in [0.15, 0.2) is 5.82 Å². The van der Waals surface area contributed by atoms with E-state index in [-0.39, 0.29) is 5.82 Å². The number of rotatable bonds is 5. The molecule has 0 saturated carbocycles. The van der Waals surface area contributed by atoms with Gasteiger partial charge in [-0.1, -0.05) is 23.9 Å². The molecule has 11 heteroatoms. The Bertz CT molecular complexity index is 1130. The number of benzene rings is 1. The minimum absolute atomic E-state index is 0.247. The summed E-state index contributed by atoms with van der Waals surface area (Å²) in [7, 11) is -0.780. The molecule has 168 valence electrons. The van der Waals surface area contributed by atoms with Crippen molar-refractivity contribution in [2.75, 3.05) is 60.6 Å². The lowest BCUT2D eigenvalue weighted by Gasteiger charge is -2.31. The van der Waals surface area contributed by atoms with Crippen LogP contribution >= 0.6 is 11.8 Å². The monoisotopic (exact) mass is 473 g/mol. The largest absolute Gasteiger partial charge is 0.353 e. The summed E-state index contributed by atoms with van der Waals surface area (Å²) < 4.78 is 25.5. The molecular weight excluding hydrogens is 449 g/mol. The lowest BCUT2D eigenvalue weighted by molar-refractivity contribution is 0.580. The van der Waals surface area contributed by atoms with Crippen LogP contribution in [0.15, 0.2) is 35.6 Å². The first-order valence-electron chi connectivity index (χ1n) is 10.6. The molecule has 32 heavy (non-hydrogen) atoms. The summed E-state index contributed by atoms with van der Waals surface area (Å²) in [5.74, 6) is 3.03. The highest BCUT2D eigenvalue weighted by Crippen LogP contribution is 2.32. The van der Waals surface area contributed by atoms with E-state index in [0.29, 0.717) is 47.3 Å². The Labute approximate surface area is 192 Å². The SMILES string of the molecule is O=S1CCN(c2nc(N3CCNCC3)nc3c(SCc4cccc(F)c4)ncnc23)CC1. The number of aromatic nitrogens is 4. The van der Waals surface area contributed by atoms with Crippen LogP contribution in [0.3, 0.4) is 0 Å². The molecule has 0 spiro atoms. The van der Waals surface area contributed by atoms with Crippen molar-refractivity contribution in [1.82, 2.24) is 25.3 Å². The molecule has 5 rings (SSSR count). The Balaban J connectivity index is 1.54. The molecule has 0 bridgehead atoms. The van der Waals surface area contributed by atoms with Crippen LogP contribution in [-0.2, 0) is 16.6 Å². The maximum atomic E-state index is 13.6. The Kier molecular flexibility index (Phi) is 6.47. The topological polar surface area (TPSA) is 87.1 Å². The zero-order valence-electron chi connectivity index (χ0n) is 17.5. The summed E-state index contributed by atoms with van der Waals surface area (Å²) in [4.78, 5) is 23.2. The lowest BCUT2D eigenvalue weighted by atomic mass is 10.2. The highest BCUT2D eigenvalue weighted by atomic mass is 32.2. The third-order valence-electron chi connectivity index (χ3n) is 5.56. The average molecular weight is 474 g/mol. The van der Waals surface area contributed by atoms with Crippen molar-refractivity contribution in [2.24, 2.45) is 0 Å². The highest BCUT2D eigenvalue weighted by molar-refractivity contribution is 7.98. The highest BCUT2D eigenvalue weighted by Gasteiger charge is 2.24. The van der Waals surface area contributed by atoms with E-state index in [9.17, 15) is 8.60 Å². The van der Waals surface area contributed by atoms with E-state index in [4.69, 9.17) is 9.97 Å². The van der Waals surface area contributed by atoms with Gasteiger partial charge in [-0.2, -0.15) is 4.98 Å². The number of halogens is 1. The van der Waals surface area contributed by atoms with Gasteiger partial charge in [-0.15, -0.1) is 0 Å². The van der Waals surface area contributed by atoms with E-state index in [1.807, 2.05) is 6.07 Å². The third kappa shape index (κ3) is 4.69. The molecule has 3 aromatic rings. The van der Waals surface area contributed by atoms with E-state index >= 15 is 0 Å². The second-order valence-corrected chi connectivity index (χ2v) is 10.4. The molecule has 2 aliphatic rings. The number of nitrogens with one attached hydrogen (secondary N) is 1. The standard InChI is InChI=1S/C21H24FN7OS2/c22-16-3-1-2-15(12-16)13-31-20-18-17(24-14-25-20)19(28-8-10-32(30)11-9-28)27-21(26-18)29-6-4-23-5-7-29/h1-3,12,14,23H,4-11,13H2. The van der Waals surface area contributed by atoms with Crippen molar-refractivity contribution in [3.05, 3.63) is 42.0 Å². The summed E-state index contributed by atoms with van der Waals surface area (Å²) >= 11 is 1.52. The predicted octanol–water partition coefficient (Wildman–Crippen LogP) is 1.83. The van der Waals surface area contributed by atoms with Gasteiger partial charge in [0.2, 0.25) is 5.95 Å². The van der Waals surface area contributed by atoms with Crippen LogP contribution < -0.4 is 15.1 Å². The number of piperazine rings is 1. The van der Waals surface area contributed by atoms with Crippen LogP contribution in [0.2, 0.25) is 0 Å². The van der Waals surface area contributed by atoms with Gasteiger partial charge in [-0.3, -0.25) is 4.21 Å². The van der Waals surface area contributed by atoms with Crippen LogP contribution in [0, 0.1) is 5.82 Å². The molecular formula is C21H24FN7OS2. The molecule has 2 fully saturated rings. The zero-order valence-corrected chi connectivity index (χ0v) is 19.2. The summed E-state index contributed by atoms with van der Waals surface area (Å²) in [5, 5.41) is 4.11. The number of nitrogens with zero attached hydrogens (tertiary/aromatic N) is 6. The smallest absolute Gasteiger partial charge is 0.228 e. The molecule has 8 nitrogen and oxygen atoms in total. The number of fused-ring (bicyclic) bond motifs is 1. The fourth-order valence-corrected chi connectivity index (χ4v) is 5.80. The molecule has 4 heterocycles. The van der Waals surface area contributed by atoms with Gasteiger partial charge in [-0.25, -0.2) is 19.3 Å². The molecule has 0 atom stereocenters. The molecule has 1 N–H and O–H groups in total. The van der Waals surface area contributed by atoms with Crippen LogP contribution in [0.1, 0.15) is 5.56 Å². The number of hydrogen-bond acceptors (Lipinski definition) is 9. The molecule has 2 saturated heterocycles. The van der Waals surface area contributed by atoms with E-state index in [1.165, 1.54) is 30.2 Å². The molecule has 2 aliphatic heterocycles. The summed E-state index contributed by atoms with van der Waals surface area (Å²) in [5.41, 5.74) is 2.30. The maximum Gasteiger partial charge on any atom is 0.228 e. The Hall–Kier alpha value is -2.37. The van der Waals surface area contributed by atoms with E-state index in [0.717, 1.165) is 42.6 Å². The maximum absolute atomic E-state index is 13.6. The van der Waals surface area contributed by atoms with Crippen LogP contribution in [0.4, 0.5) is 16.2 Å². The normalized spacial score (nSPS) is 17.8. The number of hydrogen-bond donors (Lipinski definition) is 1. The Morgan fingerprint density at radius 3 is 2.62 bits per heavy atom. The van der Waals surface area contributed by atoms with Gasteiger partial charge in [0, 0.05) is 67.3 Å². The molecule has 0 aliphatic carbocycles. The first-order chi connectivity index (χ1) is 15.7. The second kappa shape index (κ2) is 9.63. The van der Waals surface area contributed by atoms with Gasteiger partial charge in [0.1, 0.15) is 28.2 Å². The average Bonchev–Trinajstić information content (AvgIpc) is 2.83. The van der Waals surface area contributed by atoms with Crippen molar-refractivity contribution >= 4 is 45.4 Å². The van der Waals surface area contributed by atoms with E-state index in [1.54, 1.807) is 6.07 Å². The van der Waals surface area contributed by atoms with E-state index in [2.05, 4.69) is 25.1 Å². The lowest BCUT2D eigenvalue weighted by Crippen LogP contribution is -2.44. The summed E-state index contributed by atoms with van der Waals surface area (Å²) in [6.45, 7) is 4.77. The van der Waals surface area contributed by atoms with Crippen molar-refractivity contribution < 1.29 is 8.60 Å². The van der Waals surface area contributed by atoms with Gasteiger partial charge in [-0.05, 0) is 17.7 Å². The fraction of sp³-hybridized carbons (Fsp3) is 0.429. The summed E-state index contributed by atoms with van der Waals surface area (Å²) in [6, 6.07) is 6.60. The predicted molar refractivity (Wildman–Crippen MR) is 126 cm³/mol. The first kappa shape index (κ1) is 21.5. The molecule has 1 aromatic carbocycles. The van der Waals surface area contributed by atoms with Crippen molar-refractivity contribution in [3.8, 4) is 0 Å². The quantitative estimate of drug-likeness (QED) is 0.440. The van der Waals surface area contributed by atoms with E-state index < -0.39 is 10.8 Å². The van der Waals surface area contributed by atoms with Gasteiger partial charge < -0.3 is 15.1 Å². The van der Waals surface area contributed by atoms with Crippen LogP contribution in [0.5, 0.6) is 0 Å². The molecule has 2 aromatic heterocycles.